The second-order valence-electron chi connectivity index (χ2n) is 5.39. The predicted molar refractivity (Wildman–Crippen MR) is 96.4 cm³/mol. The molecule has 2 aromatic carbocycles. The van der Waals surface area contributed by atoms with Gasteiger partial charge in [-0.1, -0.05) is 48.2 Å². The molecular weight excluding hydrogens is 320 g/mol. The number of thioether (sulfide) groups is 1. The molecule has 5 nitrogen and oxygen atoms in total. The topological polar surface area (TPSA) is 59.8 Å². The molecule has 122 valence electrons. The summed E-state index contributed by atoms with van der Waals surface area (Å²) in [5.41, 5.74) is 2.90. The molecule has 0 fully saturated rings. The van der Waals surface area contributed by atoms with Crippen molar-refractivity contribution >= 4 is 23.4 Å². The smallest absolute Gasteiger partial charge is 0.221 e. The lowest BCUT2D eigenvalue weighted by molar-refractivity contribution is -0.114. The van der Waals surface area contributed by atoms with Gasteiger partial charge >= 0.3 is 0 Å². The molecule has 1 aromatic heterocycles. The SMILES string of the molecule is CC(=O)Nc1cccc(-n2cnnc2SC(C)c2ccccc2)c1. The normalized spacial score (nSPS) is 11.9. The summed E-state index contributed by atoms with van der Waals surface area (Å²) >= 11 is 1.65. The first-order valence-corrected chi connectivity index (χ1v) is 8.51. The summed E-state index contributed by atoms with van der Waals surface area (Å²) in [6.45, 7) is 3.64. The number of amides is 1. The maximum atomic E-state index is 11.2. The molecule has 0 bridgehead atoms. The summed E-state index contributed by atoms with van der Waals surface area (Å²) in [4.78, 5) is 11.2. The molecule has 0 saturated carbocycles. The van der Waals surface area contributed by atoms with Crippen LogP contribution in [0.1, 0.15) is 24.7 Å². The fraction of sp³-hybridized carbons (Fsp3) is 0.167. The summed E-state index contributed by atoms with van der Waals surface area (Å²) < 4.78 is 1.93. The molecule has 6 heteroatoms. The average molecular weight is 338 g/mol. The zero-order valence-electron chi connectivity index (χ0n) is 13.5. The van der Waals surface area contributed by atoms with Crippen molar-refractivity contribution in [2.24, 2.45) is 0 Å². The minimum Gasteiger partial charge on any atom is -0.326 e. The molecule has 1 N–H and O–H groups in total. The number of aromatic nitrogens is 3. The van der Waals surface area contributed by atoms with Crippen LogP contribution < -0.4 is 5.32 Å². The van der Waals surface area contributed by atoms with Crippen molar-refractivity contribution < 1.29 is 4.79 Å². The summed E-state index contributed by atoms with van der Waals surface area (Å²) in [5.74, 6) is -0.0943. The van der Waals surface area contributed by atoms with Crippen molar-refractivity contribution in [1.82, 2.24) is 14.8 Å². The molecule has 0 aliphatic rings. The second kappa shape index (κ2) is 7.31. The van der Waals surface area contributed by atoms with Gasteiger partial charge in [-0.15, -0.1) is 10.2 Å². The number of hydrogen-bond donors (Lipinski definition) is 1. The number of carbonyl (C=O) groups is 1. The van der Waals surface area contributed by atoms with E-state index >= 15 is 0 Å². The number of nitrogens with zero attached hydrogens (tertiary/aromatic N) is 3. The molecule has 1 amide bonds. The van der Waals surface area contributed by atoms with Crippen molar-refractivity contribution in [3.63, 3.8) is 0 Å². The van der Waals surface area contributed by atoms with Crippen molar-refractivity contribution in [1.29, 1.82) is 0 Å². The largest absolute Gasteiger partial charge is 0.326 e. The summed E-state index contributed by atoms with van der Waals surface area (Å²) in [7, 11) is 0. The Hall–Kier alpha value is -2.60. The van der Waals surface area contributed by atoms with Gasteiger partial charge in [0.1, 0.15) is 6.33 Å². The molecule has 1 atom stereocenters. The Balaban J connectivity index is 1.84. The fourth-order valence-electron chi connectivity index (χ4n) is 2.37. The Morgan fingerprint density at radius 2 is 1.96 bits per heavy atom. The molecule has 0 radical (unpaired) electrons. The average Bonchev–Trinajstić information content (AvgIpc) is 3.03. The number of nitrogens with one attached hydrogen (secondary N) is 1. The van der Waals surface area contributed by atoms with Crippen LogP contribution in [0.5, 0.6) is 0 Å². The van der Waals surface area contributed by atoms with E-state index in [2.05, 4.69) is 34.6 Å². The van der Waals surface area contributed by atoms with Crippen LogP contribution in [-0.4, -0.2) is 20.7 Å². The van der Waals surface area contributed by atoms with Gasteiger partial charge < -0.3 is 5.32 Å². The Bertz CT molecular complexity index is 832. The van der Waals surface area contributed by atoms with Gasteiger partial charge in [0.2, 0.25) is 5.91 Å². The van der Waals surface area contributed by atoms with Crippen molar-refractivity contribution in [3.8, 4) is 5.69 Å². The van der Waals surface area contributed by atoms with Crippen LogP contribution in [0.4, 0.5) is 5.69 Å². The van der Waals surface area contributed by atoms with E-state index in [1.165, 1.54) is 12.5 Å². The Morgan fingerprint density at radius 3 is 2.71 bits per heavy atom. The van der Waals surface area contributed by atoms with E-state index in [1.54, 1.807) is 18.1 Å². The van der Waals surface area contributed by atoms with E-state index in [9.17, 15) is 4.79 Å². The van der Waals surface area contributed by atoms with Crippen LogP contribution in [0.3, 0.4) is 0 Å². The van der Waals surface area contributed by atoms with Crippen molar-refractivity contribution in [2.45, 2.75) is 24.3 Å². The molecular formula is C18H18N4OS. The highest BCUT2D eigenvalue weighted by molar-refractivity contribution is 7.99. The van der Waals surface area contributed by atoms with Gasteiger partial charge in [-0.3, -0.25) is 9.36 Å². The Labute approximate surface area is 145 Å². The van der Waals surface area contributed by atoms with Crippen LogP contribution in [0.15, 0.2) is 66.1 Å². The summed E-state index contributed by atoms with van der Waals surface area (Å²) in [6, 6.07) is 17.9. The van der Waals surface area contributed by atoms with Crippen LogP contribution >= 0.6 is 11.8 Å². The molecule has 0 aliphatic heterocycles. The highest BCUT2D eigenvalue weighted by Crippen LogP contribution is 2.34. The van der Waals surface area contributed by atoms with Gasteiger partial charge in [0.25, 0.3) is 0 Å². The van der Waals surface area contributed by atoms with E-state index in [0.717, 1.165) is 16.5 Å². The maximum Gasteiger partial charge on any atom is 0.221 e. The lowest BCUT2D eigenvalue weighted by Crippen LogP contribution is -2.06. The molecule has 0 spiro atoms. The van der Waals surface area contributed by atoms with Gasteiger partial charge in [-0.2, -0.15) is 0 Å². The zero-order valence-corrected chi connectivity index (χ0v) is 14.3. The van der Waals surface area contributed by atoms with Gasteiger partial charge in [-0.05, 0) is 30.7 Å². The fourth-order valence-corrected chi connectivity index (χ4v) is 3.34. The first kappa shape index (κ1) is 16.3. The standard InChI is InChI=1S/C18H18N4OS/c1-13(15-7-4-3-5-8-15)24-18-21-19-12-22(18)17-10-6-9-16(11-17)20-14(2)23/h3-13H,1-2H3,(H,20,23). The van der Waals surface area contributed by atoms with Gasteiger partial charge in [-0.25, -0.2) is 0 Å². The summed E-state index contributed by atoms with van der Waals surface area (Å²) in [5, 5.41) is 12.1. The lowest BCUT2D eigenvalue weighted by Gasteiger charge is -2.13. The van der Waals surface area contributed by atoms with Crippen LogP contribution in [0.2, 0.25) is 0 Å². The minimum atomic E-state index is -0.0943. The first-order chi connectivity index (χ1) is 11.6. The third-order valence-corrected chi connectivity index (χ3v) is 4.63. The molecule has 3 aromatic rings. The van der Waals surface area contributed by atoms with Gasteiger partial charge in [0.15, 0.2) is 5.16 Å². The minimum absolute atomic E-state index is 0.0943. The van der Waals surface area contributed by atoms with E-state index in [-0.39, 0.29) is 11.2 Å². The van der Waals surface area contributed by atoms with E-state index < -0.39 is 0 Å². The highest BCUT2D eigenvalue weighted by atomic mass is 32.2. The van der Waals surface area contributed by atoms with Crippen LogP contribution in [-0.2, 0) is 4.79 Å². The molecule has 1 unspecified atom stereocenters. The predicted octanol–water partition coefficient (Wildman–Crippen LogP) is 4.08. The number of carbonyl (C=O) groups excluding carboxylic acids is 1. The molecule has 0 aliphatic carbocycles. The number of benzene rings is 2. The Morgan fingerprint density at radius 1 is 1.17 bits per heavy atom. The van der Waals surface area contributed by atoms with Crippen LogP contribution in [0.25, 0.3) is 5.69 Å². The molecule has 3 rings (SSSR count). The third kappa shape index (κ3) is 3.83. The quantitative estimate of drug-likeness (QED) is 0.712. The number of hydrogen-bond acceptors (Lipinski definition) is 4. The number of anilines is 1. The van der Waals surface area contributed by atoms with Crippen molar-refractivity contribution in [2.75, 3.05) is 5.32 Å². The van der Waals surface area contributed by atoms with Crippen LogP contribution in [0, 0.1) is 0 Å². The van der Waals surface area contributed by atoms with E-state index in [0.29, 0.717) is 0 Å². The molecule has 1 heterocycles. The van der Waals surface area contributed by atoms with E-state index in [1.807, 2.05) is 47.0 Å². The Kier molecular flexibility index (Phi) is 4.96. The monoisotopic (exact) mass is 338 g/mol. The summed E-state index contributed by atoms with van der Waals surface area (Å²) in [6.07, 6.45) is 1.69. The maximum absolute atomic E-state index is 11.2. The van der Waals surface area contributed by atoms with Crippen molar-refractivity contribution in [3.05, 3.63) is 66.5 Å². The molecule has 24 heavy (non-hydrogen) atoms. The zero-order chi connectivity index (χ0) is 16.9. The third-order valence-electron chi connectivity index (χ3n) is 3.51. The number of rotatable bonds is 5. The molecule has 0 saturated heterocycles. The first-order valence-electron chi connectivity index (χ1n) is 7.63. The lowest BCUT2D eigenvalue weighted by atomic mass is 10.2. The van der Waals surface area contributed by atoms with Gasteiger partial charge in [0.05, 0.1) is 5.69 Å². The highest BCUT2D eigenvalue weighted by Gasteiger charge is 2.13. The second-order valence-corrected chi connectivity index (χ2v) is 6.69. The van der Waals surface area contributed by atoms with Gasteiger partial charge in [0, 0.05) is 17.9 Å². The van der Waals surface area contributed by atoms with E-state index in [4.69, 9.17) is 0 Å².